The van der Waals surface area contributed by atoms with Gasteiger partial charge in [0.2, 0.25) is 0 Å². The Labute approximate surface area is 118 Å². The van der Waals surface area contributed by atoms with Crippen LogP contribution in [0.2, 0.25) is 0 Å². The molecule has 0 aliphatic rings. The summed E-state index contributed by atoms with van der Waals surface area (Å²) in [6.45, 7) is 5.34. The molecule has 1 aromatic carbocycles. The maximum absolute atomic E-state index is 12.2. The van der Waals surface area contributed by atoms with Crippen LogP contribution in [0.15, 0.2) is 41.5 Å². The highest BCUT2D eigenvalue weighted by molar-refractivity contribution is 5.55. The van der Waals surface area contributed by atoms with Crippen LogP contribution < -0.4 is 16.6 Å². The van der Waals surface area contributed by atoms with Crippen LogP contribution >= 0.6 is 0 Å². The third kappa shape index (κ3) is 3.45. The largest absolute Gasteiger partial charge is 0.336 e. The predicted molar refractivity (Wildman–Crippen MR) is 81.0 cm³/mol. The van der Waals surface area contributed by atoms with Gasteiger partial charge >= 0.3 is 0 Å². The van der Waals surface area contributed by atoms with Gasteiger partial charge in [0.25, 0.3) is 5.56 Å². The molecule has 0 atom stereocenters. The van der Waals surface area contributed by atoms with Gasteiger partial charge in [-0.15, -0.1) is 0 Å². The fraction of sp³-hybridized carbons (Fsp3) is 0.333. The molecule has 20 heavy (non-hydrogen) atoms. The Bertz CT molecular complexity index is 617. The first-order valence-electron chi connectivity index (χ1n) is 6.71. The lowest BCUT2D eigenvalue weighted by atomic mass is 10.2. The zero-order valence-electron chi connectivity index (χ0n) is 11.8. The molecular weight excluding hydrogens is 252 g/mol. The van der Waals surface area contributed by atoms with Crippen LogP contribution in [-0.4, -0.2) is 9.55 Å². The summed E-state index contributed by atoms with van der Waals surface area (Å²) in [6, 6.07) is 7.64. The number of benzene rings is 1. The summed E-state index contributed by atoms with van der Waals surface area (Å²) >= 11 is 0. The van der Waals surface area contributed by atoms with Crippen LogP contribution in [0.1, 0.15) is 19.4 Å². The Hall–Kier alpha value is -2.14. The van der Waals surface area contributed by atoms with E-state index in [1.165, 1.54) is 0 Å². The smallest absolute Gasteiger partial charge is 0.293 e. The van der Waals surface area contributed by atoms with E-state index in [1.54, 1.807) is 17.0 Å². The first kappa shape index (κ1) is 14.3. The second-order valence-electron chi connectivity index (χ2n) is 5.15. The van der Waals surface area contributed by atoms with Gasteiger partial charge in [-0.1, -0.05) is 26.0 Å². The second kappa shape index (κ2) is 6.34. The molecule has 1 heterocycles. The Balaban J connectivity index is 2.22. The van der Waals surface area contributed by atoms with E-state index in [4.69, 9.17) is 5.73 Å². The minimum absolute atomic E-state index is 0.107. The Kier molecular flexibility index (Phi) is 4.53. The van der Waals surface area contributed by atoms with Crippen LogP contribution in [0.5, 0.6) is 0 Å². The molecule has 0 saturated carbocycles. The molecule has 0 aliphatic heterocycles. The summed E-state index contributed by atoms with van der Waals surface area (Å²) in [5.41, 5.74) is 7.33. The molecule has 2 aromatic rings. The lowest BCUT2D eigenvalue weighted by molar-refractivity contribution is 0.510. The average molecular weight is 272 g/mol. The van der Waals surface area contributed by atoms with Crippen LogP contribution in [0.4, 0.5) is 11.5 Å². The van der Waals surface area contributed by atoms with Crippen molar-refractivity contribution in [1.82, 2.24) is 9.55 Å². The number of rotatable bonds is 5. The highest BCUT2D eigenvalue weighted by Crippen LogP contribution is 2.12. The molecule has 2 rings (SSSR count). The van der Waals surface area contributed by atoms with Gasteiger partial charge in [0.05, 0.1) is 0 Å². The molecule has 0 radical (unpaired) electrons. The minimum atomic E-state index is -0.107. The van der Waals surface area contributed by atoms with Crippen molar-refractivity contribution in [2.75, 3.05) is 5.32 Å². The van der Waals surface area contributed by atoms with Gasteiger partial charge in [-0.05, 0) is 23.6 Å². The molecule has 5 nitrogen and oxygen atoms in total. The normalized spacial score (nSPS) is 10.8. The lowest BCUT2D eigenvalue weighted by Gasteiger charge is -2.11. The Morgan fingerprint density at radius 1 is 1.30 bits per heavy atom. The molecule has 106 valence electrons. The van der Waals surface area contributed by atoms with Gasteiger partial charge in [-0.2, -0.15) is 0 Å². The standard InChI is InChI=1S/C15H20N4O/c1-11(2)10-19-8-7-17-14(15(19)20)18-13-5-3-12(9-16)4-6-13/h3-8,11H,9-10,16H2,1-2H3,(H,17,18). The SMILES string of the molecule is CC(C)Cn1ccnc(Nc2ccc(CN)cc2)c1=O. The number of nitrogens with zero attached hydrogens (tertiary/aromatic N) is 2. The number of hydrogen-bond donors (Lipinski definition) is 2. The van der Waals surface area contributed by atoms with E-state index in [0.717, 1.165) is 11.3 Å². The summed E-state index contributed by atoms with van der Waals surface area (Å²) in [5.74, 6) is 0.750. The van der Waals surface area contributed by atoms with E-state index < -0.39 is 0 Å². The number of nitrogens with two attached hydrogens (primary N) is 1. The molecule has 0 amide bonds. The second-order valence-corrected chi connectivity index (χ2v) is 5.15. The van der Waals surface area contributed by atoms with Gasteiger partial charge in [0.15, 0.2) is 5.82 Å². The van der Waals surface area contributed by atoms with Crippen molar-refractivity contribution in [3.05, 3.63) is 52.6 Å². The molecule has 0 aliphatic carbocycles. The van der Waals surface area contributed by atoms with Crippen LogP contribution in [0.3, 0.4) is 0 Å². The number of hydrogen-bond acceptors (Lipinski definition) is 4. The van der Waals surface area contributed by atoms with Crippen molar-refractivity contribution in [1.29, 1.82) is 0 Å². The van der Waals surface area contributed by atoms with E-state index in [2.05, 4.69) is 24.1 Å². The minimum Gasteiger partial charge on any atom is -0.336 e. The summed E-state index contributed by atoms with van der Waals surface area (Å²) in [6.07, 6.45) is 3.35. The quantitative estimate of drug-likeness (QED) is 0.874. The Morgan fingerprint density at radius 2 is 2.00 bits per heavy atom. The first-order valence-corrected chi connectivity index (χ1v) is 6.71. The van der Waals surface area contributed by atoms with Gasteiger partial charge in [0, 0.05) is 31.2 Å². The molecule has 0 unspecified atom stereocenters. The molecule has 0 spiro atoms. The lowest BCUT2D eigenvalue weighted by Crippen LogP contribution is -2.24. The van der Waals surface area contributed by atoms with Crippen molar-refractivity contribution >= 4 is 11.5 Å². The average Bonchev–Trinajstić information content (AvgIpc) is 2.43. The zero-order chi connectivity index (χ0) is 14.5. The number of anilines is 2. The van der Waals surface area contributed by atoms with Gasteiger partial charge in [0.1, 0.15) is 0 Å². The predicted octanol–water partition coefficient (Wildman–Crippen LogP) is 2.10. The molecule has 0 saturated heterocycles. The van der Waals surface area contributed by atoms with Crippen molar-refractivity contribution < 1.29 is 0 Å². The molecule has 0 bridgehead atoms. The van der Waals surface area contributed by atoms with Gasteiger partial charge in [-0.3, -0.25) is 4.79 Å². The summed E-state index contributed by atoms with van der Waals surface area (Å²) < 4.78 is 1.67. The summed E-state index contributed by atoms with van der Waals surface area (Å²) in [5, 5.41) is 3.05. The monoisotopic (exact) mass is 272 g/mol. The van der Waals surface area contributed by atoms with E-state index in [9.17, 15) is 4.79 Å². The Morgan fingerprint density at radius 3 is 2.60 bits per heavy atom. The van der Waals surface area contributed by atoms with E-state index >= 15 is 0 Å². The first-order chi connectivity index (χ1) is 9.60. The highest BCUT2D eigenvalue weighted by Gasteiger charge is 2.06. The van der Waals surface area contributed by atoms with Crippen LogP contribution in [-0.2, 0) is 13.1 Å². The molecule has 5 heteroatoms. The molecule has 0 fully saturated rings. The molecule has 1 aromatic heterocycles. The fourth-order valence-electron chi connectivity index (χ4n) is 1.93. The van der Waals surface area contributed by atoms with Crippen molar-refractivity contribution in [2.45, 2.75) is 26.9 Å². The van der Waals surface area contributed by atoms with E-state index in [1.807, 2.05) is 24.3 Å². The van der Waals surface area contributed by atoms with E-state index in [-0.39, 0.29) is 5.56 Å². The molecular formula is C15H20N4O. The third-order valence-electron chi connectivity index (χ3n) is 2.93. The van der Waals surface area contributed by atoms with Crippen molar-refractivity contribution in [3.8, 4) is 0 Å². The zero-order valence-corrected chi connectivity index (χ0v) is 11.8. The van der Waals surface area contributed by atoms with Crippen molar-refractivity contribution in [2.24, 2.45) is 11.7 Å². The number of nitrogens with one attached hydrogen (secondary N) is 1. The van der Waals surface area contributed by atoms with Gasteiger partial charge < -0.3 is 15.6 Å². The topological polar surface area (TPSA) is 72.9 Å². The summed E-state index contributed by atoms with van der Waals surface area (Å²) in [4.78, 5) is 16.4. The maximum atomic E-state index is 12.2. The summed E-state index contributed by atoms with van der Waals surface area (Å²) in [7, 11) is 0. The molecule has 3 N–H and O–H groups in total. The van der Waals surface area contributed by atoms with Crippen molar-refractivity contribution in [3.63, 3.8) is 0 Å². The third-order valence-corrected chi connectivity index (χ3v) is 2.93. The maximum Gasteiger partial charge on any atom is 0.293 e. The fourth-order valence-corrected chi connectivity index (χ4v) is 1.93. The van der Waals surface area contributed by atoms with Crippen LogP contribution in [0.25, 0.3) is 0 Å². The highest BCUT2D eigenvalue weighted by atomic mass is 16.1. The van der Waals surface area contributed by atoms with Gasteiger partial charge in [-0.25, -0.2) is 4.98 Å². The number of aromatic nitrogens is 2. The van der Waals surface area contributed by atoms with Crippen LogP contribution in [0, 0.1) is 5.92 Å². The van der Waals surface area contributed by atoms with E-state index in [0.29, 0.717) is 24.8 Å².